The fourth-order valence-electron chi connectivity index (χ4n) is 3.75. The van der Waals surface area contributed by atoms with Crippen LogP contribution in [0.25, 0.3) is 0 Å². The molecule has 5 nitrogen and oxygen atoms in total. The topological polar surface area (TPSA) is 45.1 Å². The Balaban J connectivity index is 1.52. The summed E-state index contributed by atoms with van der Waals surface area (Å²) >= 11 is 8.22. The Morgan fingerprint density at radius 1 is 1.00 bits per heavy atom. The Hall–Kier alpha value is -2.67. The monoisotopic (exact) mass is 467 g/mol. The fourth-order valence-corrected chi connectivity index (χ4v) is 4.63. The van der Waals surface area contributed by atoms with Crippen LogP contribution in [0.2, 0.25) is 5.02 Å². The molecule has 1 aromatic heterocycles. The van der Waals surface area contributed by atoms with Crippen LogP contribution in [-0.4, -0.2) is 61.4 Å². The predicted octanol–water partition coefficient (Wildman–Crippen LogP) is 5.13. The standard InChI is InChI=1S/C25H26ClN3O2S/c1-31-25(30)20-10-8-19(9-11-20)24(27-23-7-3-2-6-22(23)26)29-16-14-28(15-17-29)13-12-21-5-4-18-32-21/h2-11,18H,12-17H2,1H3. The number of carbonyl (C=O) groups excluding carboxylic acids is 1. The van der Waals surface area contributed by atoms with E-state index < -0.39 is 0 Å². The molecule has 2 aromatic carbocycles. The minimum absolute atomic E-state index is 0.347. The molecule has 0 amide bonds. The van der Waals surface area contributed by atoms with Gasteiger partial charge in [-0.15, -0.1) is 11.3 Å². The lowest BCUT2D eigenvalue weighted by Gasteiger charge is -2.36. The van der Waals surface area contributed by atoms with E-state index in [-0.39, 0.29) is 5.97 Å². The maximum atomic E-state index is 11.8. The summed E-state index contributed by atoms with van der Waals surface area (Å²) in [5.41, 5.74) is 2.21. The highest BCUT2D eigenvalue weighted by molar-refractivity contribution is 7.09. The van der Waals surface area contributed by atoms with Gasteiger partial charge in [0, 0.05) is 43.2 Å². The molecule has 166 valence electrons. The molecule has 1 aliphatic rings. The molecule has 0 saturated carbocycles. The number of para-hydroxylation sites is 1. The maximum absolute atomic E-state index is 11.8. The fraction of sp³-hybridized carbons (Fsp3) is 0.280. The van der Waals surface area contributed by atoms with Gasteiger partial charge in [-0.1, -0.05) is 41.9 Å². The summed E-state index contributed by atoms with van der Waals surface area (Å²) in [6.45, 7) is 4.79. The third-order valence-electron chi connectivity index (χ3n) is 5.57. The van der Waals surface area contributed by atoms with Gasteiger partial charge in [-0.05, 0) is 42.1 Å². The van der Waals surface area contributed by atoms with Gasteiger partial charge in [0.25, 0.3) is 0 Å². The van der Waals surface area contributed by atoms with E-state index in [1.54, 1.807) is 12.1 Å². The van der Waals surface area contributed by atoms with E-state index in [9.17, 15) is 4.79 Å². The van der Waals surface area contributed by atoms with Crippen LogP contribution in [0.15, 0.2) is 71.0 Å². The van der Waals surface area contributed by atoms with Crippen LogP contribution in [0.4, 0.5) is 5.69 Å². The average molecular weight is 468 g/mol. The Morgan fingerprint density at radius 3 is 2.38 bits per heavy atom. The molecular weight excluding hydrogens is 442 g/mol. The van der Waals surface area contributed by atoms with Gasteiger partial charge in [-0.25, -0.2) is 9.79 Å². The highest BCUT2D eigenvalue weighted by atomic mass is 35.5. The van der Waals surface area contributed by atoms with Crippen molar-refractivity contribution in [2.45, 2.75) is 6.42 Å². The third kappa shape index (κ3) is 5.57. The number of hydrogen-bond donors (Lipinski definition) is 0. The van der Waals surface area contributed by atoms with Crippen molar-refractivity contribution in [2.75, 3.05) is 39.8 Å². The number of piperazine rings is 1. The summed E-state index contributed by atoms with van der Waals surface area (Å²) < 4.78 is 4.82. The smallest absolute Gasteiger partial charge is 0.337 e. The zero-order valence-electron chi connectivity index (χ0n) is 18.0. The Bertz CT molecular complexity index is 1060. The van der Waals surface area contributed by atoms with Crippen molar-refractivity contribution in [3.8, 4) is 0 Å². The minimum Gasteiger partial charge on any atom is -0.465 e. The second kappa shape index (κ2) is 10.8. The van der Waals surface area contributed by atoms with Crippen LogP contribution in [0.3, 0.4) is 0 Å². The molecule has 3 aromatic rings. The molecule has 0 radical (unpaired) electrons. The first-order valence-corrected chi connectivity index (χ1v) is 11.9. The van der Waals surface area contributed by atoms with Gasteiger partial charge < -0.3 is 9.64 Å². The lowest BCUT2D eigenvalue weighted by atomic mass is 10.1. The van der Waals surface area contributed by atoms with Crippen LogP contribution in [0, 0.1) is 0 Å². The Morgan fingerprint density at radius 2 is 1.72 bits per heavy atom. The van der Waals surface area contributed by atoms with E-state index >= 15 is 0 Å². The van der Waals surface area contributed by atoms with Crippen molar-refractivity contribution in [3.05, 3.63) is 87.1 Å². The van der Waals surface area contributed by atoms with E-state index in [1.807, 2.05) is 47.7 Å². The van der Waals surface area contributed by atoms with E-state index in [4.69, 9.17) is 21.3 Å². The number of hydrogen-bond acceptors (Lipinski definition) is 5. The highest BCUT2D eigenvalue weighted by Crippen LogP contribution is 2.26. The number of nitrogens with zero attached hydrogens (tertiary/aromatic N) is 3. The number of thiophene rings is 1. The first-order chi connectivity index (χ1) is 15.6. The van der Waals surface area contributed by atoms with Crippen LogP contribution in [0.1, 0.15) is 20.8 Å². The van der Waals surface area contributed by atoms with Gasteiger partial charge in [-0.3, -0.25) is 4.90 Å². The van der Waals surface area contributed by atoms with Crippen LogP contribution in [0.5, 0.6) is 0 Å². The summed E-state index contributed by atoms with van der Waals surface area (Å²) in [5.74, 6) is 0.521. The van der Waals surface area contributed by atoms with Crippen molar-refractivity contribution < 1.29 is 9.53 Å². The lowest BCUT2D eigenvalue weighted by molar-refractivity contribution is 0.0600. The molecule has 0 bridgehead atoms. The van der Waals surface area contributed by atoms with Crippen molar-refractivity contribution in [3.63, 3.8) is 0 Å². The molecule has 32 heavy (non-hydrogen) atoms. The molecule has 1 aliphatic heterocycles. The van der Waals surface area contributed by atoms with Gasteiger partial charge in [0.05, 0.1) is 23.4 Å². The second-order valence-electron chi connectivity index (χ2n) is 7.61. The number of rotatable bonds is 6. The number of benzene rings is 2. The molecule has 7 heteroatoms. The summed E-state index contributed by atoms with van der Waals surface area (Å²) in [7, 11) is 1.39. The van der Waals surface area contributed by atoms with Gasteiger partial charge in [0.15, 0.2) is 0 Å². The lowest BCUT2D eigenvalue weighted by Crippen LogP contribution is -2.49. The van der Waals surface area contributed by atoms with Crippen molar-refractivity contribution in [1.29, 1.82) is 0 Å². The molecule has 0 aliphatic carbocycles. The zero-order chi connectivity index (χ0) is 22.3. The number of ether oxygens (including phenoxy) is 1. The first-order valence-electron chi connectivity index (χ1n) is 10.7. The van der Waals surface area contributed by atoms with Crippen LogP contribution in [-0.2, 0) is 11.2 Å². The number of methoxy groups -OCH3 is 1. The number of aliphatic imine (C=N–C) groups is 1. The van der Waals surface area contributed by atoms with Gasteiger partial charge >= 0.3 is 5.97 Å². The number of halogens is 1. The number of esters is 1. The van der Waals surface area contributed by atoms with Gasteiger partial charge in [0.2, 0.25) is 0 Å². The summed E-state index contributed by atoms with van der Waals surface area (Å²) in [5, 5.41) is 2.75. The SMILES string of the molecule is COC(=O)c1ccc(C(=Nc2ccccc2Cl)N2CCN(CCc3cccs3)CC2)cc1. The molecule has 0 N–H and O–H groups in total. The molecular formula is C25H26ClN3O2S. The zero-order valence-corrected chi connectivity index (χ0v) is 19.6. The first kappa shape index (κ1) is 22.5. The third-order valence-corrected chi connectivity index (χ3v) is 6.83. The van der Waals surface area contributed by atoms with E-state index in [2.05, 4.69) is 27.3 Å². The molecule has 0 atom stereocenters. The minimum atomic E-state index is -0.347. The average Bonchev–Trinajstić information content (AvgIpc) is 3.36. The van der Waals surface area contributed by atoms with Crippen molar-refractivity contribution in [1.82, 2.24) is 9.80 Å². The number of carbonyl (C=O) groups is 1. The quantitative estimate of drug-likeness (QED) is 0.286. The summed E-state index contributed by atoms with van der Waals surface area (Å²) in [6, 6.07) is 19.3. The predicted molar refractivity (Wildman–Crippen MR) is 131 cm³/mol. The molecule has 0 spiro atoms. The number of amidine groups is 1. The van der Waals surface area contributed by atoms with Crippen LogP contribution >= 0.6 is 22.9 Å². The maximum Gasteiger partial charge on any atom is 0.337 e. The summed E-state index contributed by atoms with van der Waals surface area (Å²) in [4.78, 5) is 23.0. The van der Waals surface area contributed by atoms with E-state index in [0.717, 1.165) is 56.2 Å². The summed E-state index contributed by atoms with van der Waals surface area (Å²) in [6.07, 6.45) is 1.09. The van der Waals surface area contributed by atoms with Crippen LogP contribution < -0.4 is 0 Å². The molecule has 2 heterocycles. The van der Waals surface area contributed by atoms with Gasteiger partial charge in [-0.2, -0.15) is 0 Å². The normalized spacial score (nSPS) is 15.1. The largest absolute Gasteiger partial charge is 0.465 e. The van der Waals surface area contributed by atoms with E-state index in [0.29, 0.717) is 10.6 Å². The van der Waals surface area contributed by atoms with Crippen molar-refractivity contribution >= 4 is 40.4 Å². The van der Waals surface area contributed by atoms with E-state index in [1.165, 1.54) is 12.0 Å². The van der Waals surface area contributed by atoms with Gasteiger partial charge in [0.1, 0.15) is 5.84 Å². The molecule has 4 rings (SSSR count). The van der Waals surface area contributed by atoms with Crippen molar-refractivity contribution in [2.24, 2.45) is 4.99 Å². The second-order valence-corrected chi connectivity index (χ2v) is 9.05. The molecule has 0 unspecified atom stereocenters. The highest BCUT2D eigenvalue weighted by Gasteiger charge is 2.21. The molecule has 1 saturated heterocycles. The Labute approximate surface area is 197 Å². The Kier molecular flexibility index (Phi) is 7.58. The molecule has 1 fully saturated rings.